The van der Waals surface area contributed by atoms with Gasteiger partial charge in [0.2, 0.25) is 0 Å². The molecule has 0 aromatic carbocycles. The van der Waals surface area contributed by atoms with Crippen molar-refractivity contribution in [2.45, 2.75) is 45.4 Å². The Morgan fingerprint density at radius 2 is 2.18 bits per heavy atom. The second-order valence-corrected chi connectivity index (χ2v) is 7.02. The number of allylic oxidation sites excluding steroid dienone is 1. The highest BCUT2D eigenvalue weighted by Gasteiger charge is 2.39. The number of aliphatic hydroxyl groups is 1. The van der Waals surface area contributed by atoms with Crippen molar-refractivity contribution in [2.75, 3.05) is 4.90 Å². The maximum Gasteiger partial charge on any atom is 0.329 e. The van der Waals surface area contributed by atoms with Crippen molar-refractivity contribution < 1.29 is 19.2 Å². The van der Waals surface area contributed by atoms with Crippen LogP contribution < -0.4 is 10.2 Å². The largest absolute Gasteiger partial charge is 0.389 e. The van der Waals surface area contributed by atoms with Gasteiger partial charge in [0, 0.05) is 18.2 Å². The fraction of sp³-hybridized carbons (Fsp3) is 0.368. The number of amides is 3. The fourth-order valence-corrected chi connectivity index (χ4v) is 3.40. The van der Waals surface area contributed by atoms with Gasteiger partial charge in [0.1, 0.15) is 11.8 Å². The van der Waals surface area contributed by atoms with Crippen LogP contribution in [0.5, 0.6) is 0 Å². The van der Waals surface area contributed by atoms with Crippen molar-refractivity contribution in [1.82, 2.24) is 20.3 Å². The maximum absolute atomic E-state index is 12.8. The fourth-order valence-electron chi connectivity index (χ4n) is 3.40. The number of nitrogens with zero attached hydrogens (tertiary/aromatic N) is 4. The lowest BCUT2D eigenvalue weighted by atomic mass is 9.99. The van der Waals surface area contributed by atoms with Gasteiger partial charge >= 0.3 is 6.03 Å². The van der Waals surface area contributed by atoms with Gasteiger partial charge in [-0.2, -0.15) is 5.10 Å². The highest BCUT2D eigenvalue weighted by atomic mass is 16.5. The number of urea groups is 1. The average Bonchev–Trinajstić information content (AvgIpc) is 3.32. The molecule has 2 aromatic heterocycles. The van der Waals surface area contributed by atoms with Crippen molar-refractivity contribution >= 4 is 17.6 Å². The molecule has 0 spiro atoms. The minimum atomic E-state index is -0.635. The number of hydrogen-bond donors (Lipinski definition) is 2. The van der Waals surface area contributed by atoms with Gasteiger partial charge in [-0.25, -0.2) is 9.69 Å². The number of hydrogen-bond acceptors (Lipinski definition) is 6. The van der Waals surface area contributed by atoms with Gasteiger partial charge in [-0.05, 0) is 25.8 Å². The van der Waals surface area contributed by atoms with E-state index in [2.05, 4.69) is 15.6 Å². The number of rotatable bonds is 5. The Labute approximate surface area is 161 Å². The molecular weight excluding hydrogens is 362 g/mol. The standard InChI is InChI=1S/C19H21N5O4/c1-11-16(12(2)28-22-11)10-23-9-14(8-20-23)24-18(26)17(21-19(24)27)7-13-3-5-15(25)6-4-13/h3-5,8-9,15,17,25H,6-7,10H2,1-2H3,(H,21,27). The predicted molar refractivity (Wildman–Crippen MR) is 99.6 cm³/mol. The number of carbonyl (C=O) groups excluding carboxylic acids is 2. The molecule has 4 rings (SSSR count). The molecule has 0 bridgehead atoms. The molecule has 2 atom stereocenters. The van der Waals surface area contributed by atoms with E-state index >= 15 is 0 Å². The van der Waals surface area contributed by atoms with Crippen LogP contribution >= 0.6 is 0 Å². The van der Waals surface area contributed by atoms with Crippen LogP contribution in [0.3, 0.4) is 0 Å². The first-order valence-electron chi connectivity index (χ1n) is 9.06. The van der Waals surface area contributed by atoms with Crippen molar-refractivity contribution in [3.63, 3.8) is 0 Å². The summed E-state index contributed by atoms with van der Waals surface area (Å²) in [7, 11) is 0. The van der Waals surface area contributed by atoms with Gasteiger partial charge in [-0.3, -0.25) is 9.48 Å². The van der Waals surface area contributed by atoms with Crippen molar-refractivity contribution in [3.05, 3.63) is 53.2 Å². The summed E-state index contributed by atoms with van der Waals surface area (Å²) in [6, 6.07) is -1.10. The lowest BCUT2D eigenvalue weighted by Crippen LogP contribution is -2.31. The van der Waals surface area contributed by atoms with Gasteiger partial charge in [0.15, 0.2) is 0 Å². The SMILES string of the molecule is Cc1noc(C)c1Cn1cc(N2C(=O)NC(CC3=CCC(O)C=C3)C2=O)cn1. The molecule has 0 saturated carbocycles. The Balaban J connectivity index is 1.47. The second kappa shape index (κ2) is 7.08. The van der Waals surface area contributed by atoms with E-state index in [9.17, 15) is 14.7 Å². The van der Waals surface area contributed by atoms with E-state index in [1.165, 1.54) is 6.20 Å². The number of carbonyl (C=O) groups is 2. The number of imide groups is 1. The smallest absolute Gasteiger partial charge is 0.329 e. The van der Waals surface area contributed by atoms with E-state index in [1.54, 1.807) is 23.0 Å². The molecule has 3 amide bonds. The molecule has 9 heteroatoms. The molecule has 2 aliphatic rings. The van der Waals surface area contributed by atoms with Gasteiger partial charge in [0.05, 0.1) is 30.2 Å². The summed E-state index contributed by atoms with van der Waals surface area (Å²) in [5.74, 6) is 0.394. The highest BCUT2D eigenvalue weighted by molar-refractivity contribution is 6.21. The molecule has 1 aliphatic heterocycles. The Morgan fingerprint density at radius 3 is 2.86 bits per heavy atom. The lowest BCUT2D eigenvalue weighted by molar-refractivity contribution is -0.118. The molecule has 146 valence electrons. The van der Waals surface area contributed by atoms with Crippen LogP contribution in [0.25, 0.3) is 0 Å². The zero-order valence-electron chi connectivity index (χ0n) is 15.6. The summed E-state index contributed by atoms with van der Waals surface area (Å²) in [5.41, 5.74) is 3.03. The minimum Gasteiger partial charge on any atom is -0.389 e. The number of aromatic nitrogens is 3. The van der Waals surface area contributed by atoms with Gasteiger partial charge in [-0.1, -0.05) is 23.4 Å². The van der Waals surface area contributed by atoms with Crippen molar-refractivity contribution in [3.8, 4) is 0 Å². The third kappa shape index (κ3) is 3.36. The molecule has 2 N–H and O–H groups in total. The first-order chi connectivity index (χ1) is 13.4. The van der Waals surface area contributed by atoms with Crippen LogP contribution in [-0.4, -0.2) is 44.1 Å². The first-order valence-corrected chi connectivity index (χ1v) is 9.06. The number of nitrogens with one attached hydrogen (secondary N) is 1. The first kappa shape index (κ1) is 18.2. The number of aliphatic hydroxyl groups excluding tert-OH is 1. The summed E-state index contributed by atoms with van der Waals surface area (Å²) in [6.45, 7) is 4.12. The summed E-state index contributed by atoms with van der Waals surface area (Å²) in [5, 5.41) is 20.4. The van der Waals surface area contributed by atoms with Gasteiger partial charge in [0.25, 0.3) is 5.91 Å². The van der Waals surface area contributed by atoms with Gasteiger partial charge in [-0.15, -0.1) is 0 Å². The maximum atomic E-state index is 12.8. The Morgan fingerprint density at radius 1 is 1.36 bits per heavy atom. The van der Waals surface area contributed by atoms with Crippen LogP contribution in [-0.2, 0) is 11.3 Å². The summed E-state index contributed by atoms with van der Waals surface area (Å²) >= 11 is 0. The van der Waals surface area contributed by atoms with E-state index in [-0.39, 0.29) is 5.91 Å². The third-order valence-corrected chi connectivity index (χ3v) is 4.99. The van der Waals surface area contributed by atoms with Crippen LogP contribution in [0.4, 0.5) is 10.5 Å². The Bertz CT molecular complexity index is 967. The highest BCUT2D eigenvalue weighted by Crippen LogP contribution is 2.24. The van der Waals surface area contributed by atoms with E-state index in [0.29, 0.717) is 30.8 Å². The van der Waals surface area contributed by atoms with Crippen LogP contribution in [0, 0.1) is 13.8 Å². The molecule has 2 unspecified atom stereocenters. The topological polar surface area (TPSA) is 113 Å². The zero-order valence-corrected chi connectivity index (χ0v) is 15.6. The second-order valence-electron chi connectivity index (χ2n) is 7.02. The molecule has 0 radical (unpaired) electrons. The van der Waals surface area contributed by atoms with E-state index in [0.717, 1.165) is 21.7 Å². The number of anilines is 1. The van der Waals surface area contributed by atoms with E-state index < -0.39 is 18.2 Å². The van der Waals surface area contributed by atoms with E-state index in [1.807, 2.05) is 19.9 Å². The predicted octanol–water partition coefficient (Wildman–Crippen LogP) is 1.60. The van der Waals surface area contributed by atoms with E-state index in [4.69, 9.17) is 4.52 Å². The van der Waals surface area contributed by atoms with Crippen molar-refractivity contribution in [2.24, 2.45) is 0 Å². The van der Waals surface area contributed by atoms with Crippen molar-refractivity contribution in [1.29, 1.82) is 0 Å². The third-order valence-electron chi connectivity index (χ3n) is 4.99. The minimum absolute atomic E-state index is 0.317. The Kier molecular flexibility index (Phi) is 4.60. The molecular formula is C19H21N5O4. The molecule has 2 aromatic rings. The summed E-state index contributed by atoms with van der Waals surface area (Å²) < 4.78 is 6.80. The van der Waals surface area contributed by atoms with Crippen LogP contribution in [0.15, 0.2) is 40.7 Å². The molecule has 1 fully saturated rings. The summed E-state index contributed by atoms with van der Waals surface area (Å²) in [6.07, 6.45) is 8.92. The lowest BCUT2D eigenvalue weighted by Gasteiger charge is -2.14. The Hall–Kier alpha value is -3.20. The van der Waals surface area contributed by atoms with Crippen LogP contribution in [0.1, 0.15) is 29.9 Å². The van der Waals surface area contributed by atoms with Gasteiger partial charge < -0.3 is 14.9 Å². The monoisotopic (exact) mass is 383 g/mol. The molecule has 1 aliphatic carbocycles. The van der Waals surface area contributed by atoms with Crippen LogP contribution in [0.2, 0.25) is 0 Å². The molecule has 3 heterocycles. The number of aryl methyl sites for hydroxylation is 2. The zero-order chi connectivity index (χ0) is 19.8. The molecule has 1 saturated heterocycles. The molecule has 9 nitrogen and oxygen atoms in total. The summed E-state index contributed by atoms with van der Waals surface area (Å²) in [4.78, 5) is 26.3. The quantitative estimate of drug-likeness (QED) is 0.758. The average molecular weight is 383 g/mol. The normalized spacial score (nSPS) is 22.0. The molecule has 28 heavy (non-hydrogen) atoms.